The molecule has 20 heavy (non-hydrogen) atoms. The number of pyridine rings is 1. The molecule has 2 rings (SSSR count). The van der Waals surface area contributed by atoms with Crippen LogP contribution in [0.15, 0.2) is 33.8 Å². The molecule has 0 fully saturated rings. The van der Waals surface area contributed by atoms with Gasteiger partial charge in [-0.2, -0.15) is 0 Å². The van der Waals surface area contributed by atoms with Gasteiger partial charge in [0.2, 0.25) is 0 Å². The van der Waals surface area contributed by atoms with E-state index in [0.29, 0.717) is 28.1 Å². The molecular formula is C13H12BrN3O3. The van der Waals surface area contributed by atoms with Crippen LogP contribution in [0.25, 0.3) is 0 Å². The Balaban J connectivity index is 2.29. The van der Waals surface area contributed by atoms with Crippen LogP contribution in [0.3, 0.4) is 0 Å². The van der Waals surface area contributed by atoms with Gasteiger partial charge in [0, 0.05) is 12.4 Å². The predicted molar refractivity (Wildman–Crippen MR) is 75.6 cm³/mol. The lowest BCUT2D eigenvalue weighted by atomic mass is 10.2. The first-order chi connectivity index (χ1) is 9.52. The van der Waals surface area contributed by atoms with Gasteiger partial charge in [0.15, 0.2) is 0 Å². The second-order valence-corrected chi connectivity index (χ2v) is 4.93. The molecule has 7 heteroatoms. The Morgan fingerprint density at radius 1 is 1.35 bits per heavy atom. The zero-order valence-electron chi connectivity index (χ0n) is 11.0. The molecular weight excluding hydrogens is 326 g/mol. The lowest BCUT2D eigenvalue weighted by Gasteiger charge is -2.09. The van der Waals surface area contributed by atoms with E-state index >= 15 is 0 Å². The predicted octanol–water partition coefficient (Wildman–Crippen LogP) is 1.54. The summed E-state index contributed by atoms with van der Waals surface area (Å²) in [5.74, 6) is 0.151. The number of esters is 1. The Hall–Kier alpha value is -2.02. The average molecular weight is 338 g/mol. The second kappa shape index (κ2) is 5.96. The number of carbonyl (C=O) groups excluding carboxylic acids is 1. The Morgan fingerprint density at radius 3 is 2.70 bits per heavy atom. The summed E-state index contributed by atoms with van der Waals surface area (Å²) < 4.78 is 6.50. The molecule has 0 radical (unpaired) electrons. The molecule has 6 nitrogen and oxygen atoms in total. The van der Waals surface area contributed by atoms with Gasteiger partial charge in [0.25, 0.3) is 5.56 Å². The van der Waals surface area contributed by atoms with E-state index in [-0.39, 0.29) is 5.56 Å². The summed E-state index contributed by atoms with van der Waals surface area (Å²) in [7, 11) is 1.31. The highest BCUT2D eigenvalue weighted by Gasteiger charge is 2.09. The molecule has 0 atom stereocenters. The molecule has 0 N–H and O–H groups in total. The van der Waals surface area contributed by atoms with Crippen LogP contribution in [-0.4, -0.2) is 27.6 Å². The monoisotopic (exact) mass is 337 g/mol. The lowest BCUT2D eigenvalue weighted by Crippen LogP contribution is -2.25. The number of nitrogens with zero attached hydrogens (tertiary/aromatic N) is 3. The fraction of sp³-hybridized carbons (Fsp3) is 0.231. The van der Waals surface area contributed by atoms with Crippen molar-refractivity contribution in [2.45, 2.75) is 13.5 Å². The molecule has 0 saturated carbocycles. The largest absolute Gasteiger partial charge is 0.465 e. The number of rotatable bonds is 3. The van der Waals surface area contributed by atoms with Crippen LogP contribution in [0.2, 0.25) is 0 Å². The summed E-state index contributed by atoms with van der Waals surface area (Å²) >= 11 is 3.16. The first-order valence-corrected chi connectivity index (χ1v) is 6.57. The van der Waals surface area contributed by atoms with Crippen LogP contribution < -0.4 is 5.56 Å². The summed E-state index contributed by atoms with van der Waals surface area (Å²) in [6.45, 7) is 2.04. The highest BCUT2D eigenvalue weighted by Crippen LogP contribution is 2.06. The van der Waals surface area contributed by atoms with E-state index in [1.165, 1.54) is 24.1 Å². The maximum Gasteiger partial charge on any atom is 0.339 e. The van der Waals surface area contributed by atoms with Crippen molar-refractivity contribution in [3.05, 3.63) is 56.4 Å². The normalized spacial score (nSPS) is 10.3. The van der Waals surface area contributed by atoms with Gasteiger partial charge in [-0.15, -0.1) is 0 Å². The molecule has 0 aromatic carbocycles. The van der Waals surface area contributed by atoms with Crippen molar-refractivity contribution in [3.63, 3.8) is 0 Å². The number of hydrogen-bond acceptors (Lipinski definition) is 5. The van der Waals surface area contributed by atoms with E-state index in [2.05, 4.69) is 30.6 Å². The van der Waals surface area contributed by atoms with Gasteiger partial charge in [-0.1, -0.05) is 0 Å². The zero-order chi connectivity index (χ0) is 14.7. The van der Waals surface area contributed by atoms with E-state index in [0.717, 1.165) is 0 Å². The van der Waals surface area contributed by atoms with E-state index in [1.54, 1.807) is 19.1 Å². The molecule has 0 unspecified atom stereocenters. The van der Waals surface area contributed by atoms with Crippen molar-refractivity contribution in [2.75, 3.05) is 7.11 Å². The van der Waals surface area contributed by atoms with E-state index in [9.17, 15) is 9.59 Å². The Kier molecular flexibility index (Phi) is 4.29. The van der Waals surface area contributed by atoms with Gasteiger partial charge >= 0.3 is 5.97 Å². The highest BCUT2D eigenvalue weighted by molar-refractivity contribution is 9.10. The van der Waals surface area contributed by atoms with Crippen LogP contribution in [0.5, 0.6) is 0 Å². The van der Waals surface area contributed by atoms with E-state index in [4.69, 9.17) is 0 Å². The zero-order valence-corrected chi connectivity index (χ0v) is 12.5. The number of carbonyl (C=O) groups is 1. The van der Waals surface area contributed by atoms with Gasteiger partial charge in [-0.05, 0) is 35.0 Å². The molecule has 0 saturated heterocycles. The minimum absolute atomic E-state index is 0.170. The van der Waals surface area contributed by atoms with Crippen molar-refractivity contribution >= 4 is 21.9 Å². The Labute approximate surface area is 123 Å². The molecule has 0 aliphatic carbocycles. The lowest BCUT2D eigenvalue weighted by molar-refractivity contribution is 0.0600. The molecule has 0 aliphatic heterocycles. The summed E-state index contributed by atoms with van der Waals surface area (Å²) in [6, 6.07) is 3.29. The Bertz CT molecular complexity index is 695. The van der Waals surface area contributed by atoms with Crippen molar-refractivity contribution in [1.82, 2.24) is 14.5 Å². The second-order valence-electron chi connectivity index (χ2n) is 4.07. The van der Waals surface area contributed by atoms with Crippen molar-refractivity contribution in [3.8, 4) is 0 Å². The molecule has 0 amide bonds. The standard InChI is InChI=1S/C13H12BrN3O3/c1-8-15-6-11(14)12(18)17(8)7-10-4-3-9(5-16-10)13(19)20-2/h3-6H,7H2,1-2H3. The fourth-order valence-corrected chi connectivity index (χ4v) is 1.97. The van der Waals surface area contributed by atoms with Crippen molar-refractivity contribution < 1.29 is 9.53 Å². The number of aryl methyl sites for hydroxylation is 1. The number of aromatic nitrogens is 3. The van der Waals surface area contributed by atoms with Gasteiger partial charge in [-0.3, -0.25) is 14.3 Å². The summed E-state index contributed by atoms with van der Waals surface area (Å²) in [4.78, 5) is 31.6. The molecule has 0 aliphatic rings. The minimum Gasteiger partial charge on any atom is -0.465 e. The summed E-state index contributed by atoms with van der Waals surface area (Å²) in [5.41, 5.74) is 0.854. The average Bonchev–Trinajstić information content (AvgIpc) is 2.47. The van der Waals surface area contributed by atoms with Gasteiger partial charge < -0.3 is 4.74 Å². The smallest absolute Gasteiger partial charge is 0.339 e. The maximum absolute atomic E-state index is 12.0. The number of methoxy groups -OCH3 is 1. The molecule has 0 bridgehead atoms. The van der Waals surface area contributed by atoms with Crippen LogP contribution in [-0.2, 0) is 11.3 Å². The minimum atomic E-state index is -0.443. The van der Waals surface area contributed by atoms with Crippen molar-refractivity contribution in [2.24, 2.45) is 0 Å². The summed E-state index contributed by atoms with van der Waals surface area (Å²) in [5, 5.41) is 0. The van der Waals surface area contributed by atoms with Gasteiger partial charge in [-0.25, -0.2) is 9.78 Å². The SMILES string of the molecule is COC(=O)c1ccc(Cn2c(C)ncc(Br)c2=O)nc1. The van der Waals surface area contributed by atoms with Gasteiger partial charge in [0.05, 0.1) is 24.9 Å². The Morgan fingerprint density at radius 2 is 2.10 bits per heavy atom. The first-order valence-electron chi connectivity index (χ1n) is 5.78. The van der Waals surface area contributed by atoms with Crippen LogP contribution in [0, 0.1) is 6.92 Å². The van der Waals surface area contributed by atoms with E-state index in [1.807, 2.05) is 0 Å². The molecule has 104 valence electrons. The summed E-state index contributed by atoms with van der Waals surface area (Å²) in [6.07, 6.45) is 2.90. The number of halogens is 1. The third-order valence-electron chi connectivity index (χ3n) is 2.77. The third kappa shape index (κ3) is 2.93. The quantitative estimate of drug-likeness (QED) is 0.794. The van der Waals surface area contributed by atoms with Crippen LogP contribution >= 0.6 is 15.9 Å². The van der Waals surface area contributed by atoms with Gasteiger partial charge in [0.1, 0.15) is 10.3 Å². The first kappa shape index (κ1) is 14.4. The molecule has 2 aromatic rings. The number of hydrogen-bond donors (Lipinski definition) is 0. The van der Waals surface area contributed by atoms with Crippen LogP contribution in [0.1, 0.15) is 21.9 Å². The molecule has 2 heterocycles. The maximum atomic E-state index is 12.0. The highest BCUT2D eigenvalue weighted by atomic mass is 79.9. The third-order valence-corrected chi connectivity index (χ3v) is 3.31. The van der Waals surface area contributed by atoms with Crippen molar-refractivity contribution in [1.29, 1.82) is 0 Å². The molecule has 0 spiro atoms. The molecule has 2 aromatic heterocycles. The topological polar surface area (TPSA) is 74.1 Å². The fourth-order valence-electron chi connectivity index (χ4n) is 1.66. The van der Waals surface area contributed by atoms with E-state index < -0.39 is 5.97 Å². The number of ether oxygens (including phenoxy) is 1. The van der Waals surface area contributed by atoms with Crippen LogP contribution in [0.4, 0.5) is 0 Å².